The summed E-state index contributed by atoms with van der Waals surface area (Å²) in [5.74, 6) is -0.982. The largest absolute Gasteiger partial charge is 0.324 e. The van der Waals surface area contributed by atoms with Crippen LogP contribution in [0.4, 0.5) is 4.79 Å². The first-order chi connectivity index (χ1) is 13.5. The second kappa shape index (κ2) is 11.2. The Morgan fingerprint density at radius 1 is 1.14 bits per heavy atom. The van der Waals surface area contributed by atoms with Gasteiger partial charge in [-0.2, -0.15) is 0 Å². The first kappa shape index (κ1) is 21.6. The molecule has 28 heavy (non-hydrogen) atoms. The van der Waals surface area contributed by atoms with E-state index in [0.717, 1.165) is 30.8 Å². The van der Waals surface area contributed by atoms with Crippen molar-refractivity contribution >= 4 is 23.9 Å². The number of nitrogens with one attached hydrogen (secondary N) is 2. The molecule has 1 aromatic rings. The summed E-state index contributed by atoms with van der Waals surface area (Å²) in [6.07, 6.45) is 6.42. The van der Waals surface area contributed by atoms with E-state index in [0.29, 0.717) is 13.1 Å². The average Bonchev–Trinajstić information content (AvgIpc) is 2.70. The van der Waals surface area contributed by atoms with E-state index in [-0.39, 0.29) is 5.91 Å². The minimum absolute atomic E-state index is 0.379. The summed E-state index contributed by atoms with van der Waals surface area (Å²) in [6, 6.07) is 6.98. The zero-order valence-electron chi connectivity index (χ0n) is 16.2. The van der Waals surface area contributed by atoms with Crippen molar-refractivity contribution in [1.82, 2.24) is 20.6 Å². The summed E-state index contributed by atoms with van der Waals surface area (Å²) in [4.78, 5) is 38.7. The van der Waals surface area contributed by atoms with Gasteiger partial charge in [0.05, 0.1) is 0 Å². The third kappa shape index (κ3) is 7.50. The van der Waals surface area contributed by atoms with E-state index < -0.39 is 11.9 Å². The van der Waals surface area contributed by atoms with Gasteiger partial charge in [0.15, 0.2) is 0 Å². The summed E-state index contributed by atoms with van der Waals surface area (Å²) in [5, 5.41) is 10.8. The van der Waals surface area contributed by atoms with Crippen molar-refractivity contribution in [2.45, 2.75) is 32.7 Å². The Morgan fingerprint density at radius 2 is 1.82 bits per heavy atom. The van der Waals surface area contributed by atoms with Crippen molar-refractivity contribution in [3.8, 4) is 0 Å². The molecule has 0 radical (unpaired) electrons. The number of hydroxylamine groups is 1. The van der Waals surface area contributed by atoms with Gasteiger partial charge in [-0.05, 0) is 43.1 Å². The molecule has 0 spiro atoms. The minimum Gasteiger partial charge on any atom is -0.319 e. The van der Waals surface area contributed by atoms with Crippen molar-refractivity contribution in [1.29, 1.82) is 0 Å². The van der Waals surface area contributed by atoms with Gasteiger partial charge in [-0.3, -0.25) is 20.1 Å². The van der Waals surface area contributed by atoms with Crippen LogP contribution in [0.3, 0.4) is 0 Å². The minimum atomic E-state index is -0.603. The molecule has 1 fully saturated rings. The lowest BCUT2D eigenvalue weighted by molar-refractivity contribution is -0.124. The zero-order valence-corrected chi connectivity index (χ0v) is 16.2. The van der Waals surface area contributed by atoms with Gasteiger partial charge < -0.3 is 9.80 Å². The molecular formula is C20H28N4O4. The van der Waals surface area contributed by atoms with Gasteiger partial charge in [-0.15, -0.1) is 0 Å². The van der Waals surface area contributed by atoms with Gasteiger partial charge in [-0.25, -0.2) is 10.3 Å². The van der Waals surface area contributed by atoms with Crippen LogP contribution in [0, 0.1) is 0 Å². The van der Waals surface area contributed by atoms with Crippen molar-refractivity contribution in [3.63, 3.8) is 0 Å². The number of nitrogens with zero attached hydrogens (tertiary/aromatic N) is 2. The molecule has 0 aromatic heterocycles. The third-order valence-electron chi connectivity index (χ3n) is 4.60. The van der Waals surface area contributed by atoms with E-state index in [1.54, 1.807) is 11.0 Å². The standard InChI is InChI=1S/C20H28N4O4/c1-16(25)21-20(27)24(14-13-23-11-3-2-4-12-23)15-18-7-5-17(6-8-18)9-10-19(26)22-28/h5-10,28H,2-4,11-15H2,1H3,(H,22,26)(H,21,25,27)/b10-9+. The topological polar surface area (TPSA) is 102 Å². The van der Waals surface area contributed by atoms with E-state index in [1.807, 2.05) is 24.3 Å². The molecule has 1 aromatic carbocycles. The molecule has 1 aliphatic heterocycles. The van der Waals surface area contributed by atoms with Gasteiger partial charge in [0.25, 0.3) is 5.91 Å². The van der Waals surface area contributed by atoms with Gasteiger partial charge >= 0.3 is 6.03 Å². The van der Waals surface area contributed by atoms with Gasteiger partial charge in [-0.1, -0.05) is 30.7 Å². The van der Waals surface area contributed by atoms with Crippen LogP contribution in [0.1, 0.15) is 37.3 Å². The molecule has 0 aliphatic carbocycles. The number of likely N-dealkylation sites (tertiary alicyclic amines) is 1. The van der Waals surface area contributed by atoms with Gasteiger partial charge in [0.1, 0.15) is 0 Å². The SMILES string of the molecule is CC(=O)NC(=O)N(CCN1CCCCC1)Cc1ccc(/C=C/C(=O)NO)cc1. The van der Waals surface area contributed by atoms with E-state index in [2.05, 4.69) is 10.2 Å². The first-order valence-electron chi connectivity index (χ1n) is 9.48. The lowest BCUT2D eigenvalue weighted by Crippen LogP contribution is -2.45. The number of carbonyl (C=O) groups excluding carboxylic acids is 3. The lowest BCUT2D eigenvalue weighted by atomic mass is 10.1. The highest BCUT2D eigenvalue weighted by molar-refractivity contribution is 5.93. The average molecular weight is 388 g/mol. The summed E-state index contributed by atoms with van der Waals surface area (Å²) < 4.78 is 0. The smallest absolute Gasteiger partial charge is 0.319 e. The number of hydrogen-bond acceptors (Lipinski definition) is 5. The summed E-state index contributed by atoms with van der Waals surface area (Å²) in [5.41, 5.74) is 3.24. The molecule has 0 atom stereocenters. The van der Waals surface area contributed by atoms with Crippen LogP contribution in [0.2, 0.25) is 0 Å². The van der Waals surface area contributed by atoms with Crippen LogP contribution in [-0.4, -0.2) is 59.0 Å². The maximum absolute atomic E-state index is 12.4. The molecule has 1 heterocycles. The van der Waals surface area contributed by atoms with E-state index >= 15 is 0 Å². The highest BCUT2D eigenvalue weighted by Crippen LogP contribution is 2.11. The molecule has 8 heteroatoms. The molecule has 1 saturated heterocycles. The quantitative estimate of drug-likeness (QED) is 0.375. The number of urea groups is 1. The summed E-state index contributed by atoms with van der Waals surface area (Å²) in [6.45, 7) is 5.12. The number of amides is 4. The van der Waals surface area contributed by atoms with Gasteiger partial charge in [0.2, 0.25) is 5.91 Å². The second-order valence-electron chi connectivity index (χ2n) is 6.86. The second-order valence-corrected chi connectivity index (χ2v) is 6.86. The van der Waals surface area contributed by atoms with Crippen molar-refractivity contribution in [2.24, 2.45) is 0 Å². The fourth-order valence-corrected chi connectivity index (χ4v) is 3.09. The number of imide groups is 1. The molecule has 2 rings (SSSR count). The Kier molecular flexibility index (Phi) is 8.64. The predicted molar refractivity (Wildman–Crippen MR) is 105 cm³/mol. The van der Waals surface area contributed by atoms with Gasteiger partial charge in [0, 0.05) is 32.6 Å². The molecule has 0 unspecified atom stereocenters. The fraction of sp³-hybridized carbons (Fsp3) is 0.450. The third-order valence-corrected chi connectivity index (χ3v) is 4.60. The normalized spacial score (nSPS) is 14.6. The summed E-state index contributed by atoms with van der Waals surface area (Å²) >= 11 is 0. The number of piperidine rings is 1. The van der Waals surface area contributed by atoms with Crippen LogP contribution in [0.5, 0.6) is 0 Å². The molecule has 3 N–H and O–H groups in total. The highest BCUT2D eigenvalue weighted by Gasteiger charge is 2.17. The Bertz CT molecular complexity index is 697. The van der Waals surface area contributed by atoms with Crippen LogP contribution in [0.15, 0.2) is 30.3 Å². The number of rotatable bonds is 7. The van der Waals surface area contributed by atoms with Crippen LogP contribution < -0.4 is 10.8 Å². The van der Waals surface area contributed by atoms with Crippen molar-refractivity contribution in [3.05, 3.63) is 41.5 Å². The molecule has 152 valence electrons. The zero-order chi connectivity index (χ0) is 20.4. The molecule has 1 aliphatic rings. The maximum Gasteiger partial charge on any atom is 0.324 e. The fourth-order valence-electron chi connectivity index (χ4n) is 3.09. The Morgan fingerprint density at radius 3 is 2.43 bits per heavy atom. The Balaban J connectivity index is 1.99. The lowest BCUT2D eigenvalue weighted by Gasteiger charge is -2.30. The molecule has 8 nitrogen and oxygen atoms in total. The number of carbonyl (C=O) groups is 3. The Labute approximate surface area is 165 Å². The monoisotopic (exact) mass is 388 g/mol. The molecule has 0 bridgehead atoms. The van der Waals surface area contributed by atoms with E-state index in [1.165, 1.54) is 37.7 Å². The van der Waals surface area contributed by atoms with Crippen LogP contribution >= 0.6 is 0 Å². The first-order valence-corrected chi connectivity index (χ1v) is 9.48. The molecule has 0 saturated carbocycles. The van der Waals surface area contributed by atoms with E-state index in [9.17, 15) is 14.4 Å². The number of benzene rings is 1. The highest BCUT2D eigenvalue weighted by atomic mass is 16.5. The Hall–Kier alpha value is -2.71. The van der Waals surface area contributed by atoms with Crippen molar-refractivity contribution in [2.75, 3.05) is 26.2 Å². The maximum atomic E-state index is 12.4. The van der Waals surface area contributed by atoms with E-state index in [4.69, 9.17) is 5.21 Å². The summed E-state index contributed by atoms with van der Waals surface area (Å²) in [7, 11) is 0. The van der Waals surface area contributed by atoms with Crippen molar-refractivity contribution < 1.29 is 19.6 Å². The molecular weight excluding hydrogens is 360 g/mol. The van der Waals surface area contributed by atoms with Crippen LogP contribution in [0.25, 0.3) is 6.08 Å². The number of hydrogen-bond donors (Lipinski definition) is 3. The van der Waals surface area contributed by atoms with Crippen LogP contribution in [-0.2, 0) is 16.1 Å². The molecule has 4 amide bonds. The predicted octanol–water partition coefficient (Wildman–Crippen LogP) is 1.75.